The molecule has 4 aliphatic heterocycles. The van der Waals surface area contributed by atoms with Gasteiger partial charge < -0.3 is 105 Å². The third-order valence-corrected chi connectivity index (χ3v) is 8.32. The van der Waals surface area contributed by atoms with Crippen LogP contribution in [0.5, 0.6) is 0 Å². The van der Waals surface area contributed by atoms with Crippen LogP contribution in [0.3, 0.4) is 0 Å². The van der Waals surface area contributed by atoms with Crippen LogP contribution in [-0.4, -0.2) is 215 Å². The van der Waals surface area contributed by atoms with Gasteiger partial charge in [0.15, 0.2) is 25.2 Å². The van der Waals surface area contributed by atoms with Gasteiger partial charge in [-0.25, -0.2) is 0 Å². The molecule has 4 fully saturated rings. The molecule has 0 spiro atoms. The fraction of sp³-hybridized carbons (Fsp3) is 1.00. The molecule has 264 valence electrons. The van der Waals surface area contributed by atoms with E-state index in [4.69, 9.17) is 33.2 Å². The van der Waals surface area contributed by atoms with Crippen LogP contribution in [0.25, 0.3) is 0 Å². The summed E-state index contributed by atoms with van der Waals surface area (Å²) >= 11 is 0. The van der Waals surface area contributed by atoms with E-state index in [0.717, 1.165) is 0 Å². The van der Waals surface area contributed by atoms with Crippen molar-refractivity contribution in [3.63, 3.8) is 0 Å². The van der Waals surface area contributed by atoms with E-state index in [0.29, 0.717) is 0 Å². The summed E-state index contributed by atoms with van der Waals surface area (Å²) in [4.78, 5) is 0. The van der Waals surface area contributed by atoms with Crippen molar-refractivity contribution in [2.75, 3.05) is 33.0 Å². The van der Waals surface area contributed by atoms with Gasteiger partial charge in [0, 0.05) is 5.92 Å². The average Bonchev–Trinajstić information content (AvgIpc) is 3.26. The summed E-state index contributed by atoms with van der Waals surface area (Å²) in [5, 5.41) is 142. The zero-order valence-corrected chi connectivity index (χ0v) is 23.5. The quantitative estimate of drug-likeness (QED) is 0.0973. The smallest absolute Gasteiger partial charge is 0.224 e. The Hall–Kier alpha value is -0.840. The summed E-state index contributed by atoms with van der Waals surface area (Å²) in [6, 6.07) is 0. The second-order valence-corrected chi connectivity index (χ2v) is 11.3. The number of hydrogen-bond acceptors (Lipinski definition) is 21. The molecule has 0 radical (unpaired) electrons. The van der Waals surface area contributed by atoms with Crippen molar-refractivity contribution in [3.8, 4) is 0 Å². The molecule has 0 saturated carbocycles. The SMILES string of the molecule is OC[C@H]1[C@@H](O)[C@@H](O)O[C@H](OC[C@@]2(O[C@H]3O[C@H](CO[C@H]4O[C@H](CO)[C@H](O)[C@H](O)[C@@H]4O)[C@@H](O)[C@H](O)[C@@H]3O)O[C@H](CO)[C@H](O)[C@@H]2O)[C@@H]1O. The second kappa shape index (κ2) is 15.1. The highest BCUT2D eigenvalue weighted by Gasteiger charge is 2.60. The zero-order chi connectivity index (χ0) is 33.4. The van der Waals surface area contributed by atoms with Crippen molar-refractivity contribution >= 4 is 0 Å². The molecule has 45 heavy (non-hydrogen) atoms. The molecule has 21 heteroatoms. The van der Waals surface area contributed by atoms with Crippen LogP contribution in [0.2, 0.25) is 0 Å². The van der Waals surface area contributed by atoms with E-state index in [1.54, 1.807) is 0 Å². The van der Waals surface area contributed by atoms with Crippen LogP contribution >= 0.6 is 0 Å². The van der Waals surface area contributed by atoms with Crippen molar-refractivity contribution in [3.05, 3.63) is 0 Å². The van der Waals surface area contributed by atoms with Gasteiger partial charge in [-0.05, 0) is 0 Å². The van der Waals surface area contributed by atoms with Crippen LogP contribution in [0, 0.1) is 5.92 Å². The molecule has 19 atom stereocenters. The molecule has 0 aliphatic carbocycles. The van der Waals surface area contributed by atoms with Crippen molar-refractivity contribution in [1.82, 2.24) is 0 Å². The van der Waals surface area contributed by atoms with E-state index in [1.165, 1.54) is 0 Å². The first kappa shape index (κ1) is 37.0. The topological polar surface area (TPSA) is 348 Å². The van der Waals surface area contributed by atoms with Gasteiger partial charge in [-0.3, -0.25) is 0 Å². The van der Waals surface area contributed by atoms with Gasteiger partial charge in [-0.15, -0.1) is 0 Å². The van der Waals surface area contributed by atoms with Crippen LogP contribution < -0.4 is 0 Å². The van der Waals surface area contributed by atoms with Gasteiger partial charge in [-0.2, -0.15) is 0 Å². The summed E-state index contributed by atoms with van der Waals surface area (Å²) in [5.74, 6) is -3.91. The Morgan fingerprint density at radius 1 is 0.489 bits per heavy atom. The Labute approximate surface area is 254 Å². The standard InChI is InChI=1S/C24H42O21/c25-1-6-10(28)20(38)43-21(11(6)29)40-5-24(19(37)14(32)8(3-27)44-24)45-23-18(36)16(34)13(31)9(42-23)4-39-22-17(35)15(33)12(30)7(2-26)41-22/h6-23,25-38H,1-5H2/t6-,7+,8+,9+,10+,11+,12-,13+,14-,15-,16-,17-,18-,19-,20-,21-,22-,23+,24-/m0/s1. The molecule has 4 saturated heterocycles. The fourth-order valence-electron chi connectivity index (χ4n) is 5.46. The number of hydrogen-bond donors (Lipinski definition) is 14. The predicted octanol–water partition coefficient (Wildman–Crippen LogP) is -9.54. The van der Waals surface area contributed by atoms with E-state index >= 15 is 0 Å². The number of aliphatic hydroxyl groups excluding tert-OH is 14. The van der Waals surface area contributed by atoms with E-state index in [1.807, 2.05) is 0 Å². The first-order valence-corrected chi connectivity index (χ1v) is 14.1. The molecule has 14 N–H and O–H groups in total. The molecular formula is C24H42O21. The van der Waals surface area contributed by atoms with Gasteiger partial charge in [0.1, 0.15) is 86.0 Å². The first-order valence-electron chi connectivity index (χ1n) is 14.1. The minimum atomic E-state index is -2.57. The zero-order valence-electron chi connectivity index (χ0n) is 23.5. The Balaban J connectivity index is 1.50. The second-order valence-electron chi connectivity index (χ2n) is 11.3. The molecule has 0 unspecified atom stereocenters. The predicted molar refractivity (Wildman–Crippen MR) is 134 cm³/mol. The van der Waals surface area contributed by atoms with Crippen LogP contribution in [0.1, 0.15) is 0 Å². The largest absolute Gasteiger partial charge is 0.396 e. The molecule has 0 amide bonds. The van der Waals surface area contributed by atoms with E-state index in [2.05, 4.69) is 0 Å². The maximum absolute atomic E-state index is 10.9. The van der Waals surface area contributed by atoms with Crippen LogP contribution in [-0.2, 0) is 33.2 Å². The molecule has 4 heterocycles. The first-order chi connectivity index (χ1) is 21.2. The molecule has 21 nitrogen and oxygen atoms in total. The van der Waals surface area contributed by atoms with E-state index in [-0.39, 0.29) is 0 Å². The minimum Gasteiger partial charge on any atom is -0.396 e. The van der Waals surface area contributed by atoms with Crippen molar-refractivity contribution in [1.29, 1.82) is 0 Å². The third-order valence-electron chi connectivity index (χ3n) is 8.32. The summed E-state index contributed by atoms with van der Waals surface area (Å²) in [7, 11) is 0. The Kier molecular flexibility index (Phi) is 12.5. The molecule has 4 aliphatic rings. The lowest BCUT2D eigenvalue weighted by molar-refractivity contribution is -0.403. The van der Waals surface area contributed by atoms with Gasteiger partial charge in [0.25, 0.3) is 0 Å². The molecule has 0 aromatic carbocycles. The highest BCUT2D eigenvalue weighted by molar-refractivity contribution is 4.99. The molecular weight excluding hydrogens is 624 g/mol. The monoisotopic (exact) mass is 666 g/mol. The fourth-order valence-corrected chi connectivity index (χ4v) is 5.46. The third kappa shape index (κ3) is 7.29. The number of rotatable bonds is 11. The highest BCUT2D eigenvalue weighted by Crippen LogP contribution is 2.38. The maximum atomic E-state index is 10.9. The lowest BCUT2D eigenvalue weighted by Crippen LogP contribution is -2.64. The van der Waals surface area contributed by atoms with Crippen LogP contribution in [0.4, 0.5) is 0 Å². The van der Waals surface area contributed by atoms with E-state index in [9.17, 15) is 71.5 Å². The molecule has 4 rings (SSSR count). The number of ether oxygens (including phenoxy) is 7. The van der Waals surface area contributed by atoms with Gasteiger partial charge >= 0.3 is 0 Å². The normalized spacial score (nSPS) is 52.7. The Bertz CT molecular complexity index is 931. The number of aliphatic hydroxyl groups is 14. The van der Waals surface area contributed by atoms with Crippen LogP contribution in [0.15, 0.2) is 0 Å². The van der Waals surface area contributed by atoms with Crippen molar-refractivity contribution in [2.24, 2.45) is 5.92 Å². The van der Waals surface area contributed by atoms with Crippen molar-refractivity contribution in [2.45, 2.75) is 110 Å². The molecule has 0 aromatic heterocycles. The maximum Gasteiger partial charge on any atom is 0.224 e. The minimum absolute atomic E-state index is 0.729. The average molecular weight is 667 g/mol. The molecule has 0 bridgehead atoms. The van der Waals surface area contributed by atoms with Gasteiger partial charge in [0.2, 0.25) is 5.79 Å². The summed E-state index contributed by atoms with van der Waals surface area (Å²) in [6.45, 7) is -4.16. The van der Waals surface area contributed by atoms with E-state index < -0.39 is 149 Å². The highest BCUT2D eigenvalue weighted by atomic mass is 16.8. The summed E-state index contributed by atoms with van der Waals surface area (Å²) in [5.41, 5.74) is 0. The summed E-state index contributed by atoms with van der Waals surface area (Å²) < 4.78 is 37.8. The van der Waals surface area contributed by atoms with Gasteiger partial charge in [-0.1, -0.05) is 0 Å². The Morgan fingerprint density at radius 2 is 1.04 bits per heavy atom. The lowest BCUT2D eigenvalue weighted by atomic mass is 9.93. The lowest BCUT2D eigenvalue weighted by Gasteiger charge is -2.45. The Morgan fingerprint density at radius 3 is 1.62 bits per heavy atom. The van der Waals surface area contributed by atoms with Crippen molar-refractivity contribution < 1.29 is 105 Å². The summed E-state index contributed by atoms with van der Waals surface area (Å²) in [6.07, 6.45) is -30.5. The molecule has 0 aromatic rings. The van der Waals surface area contributed by atoms with Gasteiger partial charge in [0.05, 0.1) is 26.4 Å².